The molecule has 0 fully saturated rings. The molecule has 0 aliphatic rings. The van der Waals surface area contributed by atoms with Gasteiger partial charge in [-0.15, -0.1) is 0 Å². The summed E-state index contributed by atoms with van der Waals surface area (Å²) in [7, 11) is 0. The van der Waals surface area contributed by atoms with Crippen molar-refractivity contribution < 1.29 is 8.91 Å². The van der Waals surface area contributed by atoms with E-state index < -0.39 is 0 Å². The van der Waals surface area contributed by atoms with Gasteiger partial charge in [0, 0.05) is 5.56 Å². The number of halogens is 1. The number of anilines is 1. The van der Waals surface area contributed by atoms with Crippen LogP contribution in [0.5, 0.6) is 0 Å². The van der Waals surface area contributed by atoms with Crippen LogP contribution >= 0.6 is 12.2 Å². The van der Waals surface area contributed by atoms with Crippen LogP contribution in [-0.4, -0.2) is 15.3 Å². The average Bonchev–Trinajstić information content (AvgIpc) is 3.04. The lowest BCUT2D eigenvalue weighted by atomic mass is 10.1. The predicted molar refractivity (Wildman–Crippen MR) is 93.9 cm³/mol. The van der Waals surface area contributed by atoms with Gasteiger partial charge < -0.3 is 15.2 Å². The van der Waals surface area contributed by atoms with Crippen molar-refractivity contribution >= 4 is 23.0 Å². The smallest absolute Gasteiger partial charge is 0.246 e. The number of aryl methyl sites for hydroxylation is 1. The van der Waals surface area contributed by atoms with E-state index in [1.165, 1.54) is 6.07 Å². The van der Waals surface area contributed by atoms with E-state index in [9.17, 15) is 4.39 Å². The van der Waals surface area contributed by atoms with E-state index in [0.717, 1.165) is 11.1 Å². The van der Waals surface area contributed by atoms with Gasteiger partial charge in [0.05, 0.1) is 12.2 Å². The third kappa shape index (κ3) is 3.94. The number of para-hydroxylation sites is 1. The summed E-state index contributed by atoms with van der Waals surface area (Å²) in [5.74, 6) is 0.536. The molecular weight excluding hydrogens is 327 g/mol. The number of hydrogen-bond donors (Lipinski definition) is 2. The van der Waals surface area contributed by atoms with E-state index in [4.69, 9.17) is 16.7 Å². The largest absolute Gasteiger partial charge is 0.353 e. The number of aromatic nitrogens is 2. The van der Waals surface area contributed by atoms with Crippen LogP contribution < -0.4 is 10.6 Å². The minimum atomic E-state index is -0.374. The van der Waals surface area contributed by atoms with Crippen molar-refractivity contribution in [2.75, 3.05) is 5.32 Å². The number of nitrogens with zero attached hydrogens (tertiary/aromatic N) is 2. The highest BCUT2D eigenvalue weighted by atomic mass is 32.1. The van der Waals surface area contributed by atoms with Crippen LogP contribution in [0.1, 0.15) is 11.5 Å². The molecule has 3 aromatic rings. The van der Waals surface area contributed by atoms with Gasteiger partial charge in [0.1, 0.15) is 5.82 Å². The Bertz CT molecular complexity index is 865. The van der Waals surface area contributed by atoms with E-state index in [1.54, 1.807) is 18.2 Å². The van der Waals surface area contributed by atoms with Gasteiger partial charge in [-0.1, -0.05) is 41.1 Å². The number of rotatable bonds is 4. The molecule has 0 bridgehead atoms. The van der Waals surface area contributed by atoms with Crippen LogP contribution in [0.3, 0.4) is 0 Å². The molecule has 1 heterocycles. The minimum Gasteiger partial charge on any atom is -0.353 e. The van der Waals surface area contributed by atoms with E-state index in [2.05, 4.69) is 20.8 Å². The number of nitrogens with one attached hydrogen (secondary N) is 2. The first kappa shape index (κ1) is 16.1. The molecule has 122 valence electrons. The number of hydrogen-bond acceptors (Lipinski definition) is 4. The first-order valence-corrected chi connectivity index (χ1v) is 7.71. The van der Waals surface area contributed by atoms with Crippen molar-refractivity contribution in [1.82, 2.24) is 15.5 Å². The molecule has 0 unspecified atom stereocenters. The predicted octanol–water partition coefficient (Wildman–Crippen LogP) is 3.67. The molecule has 24 heavy (non-hydrogen) atoms. The summed E-state index contributed by atoms with van der Waals surface area (Å²) in [4.78, 5) is 4.32. The number of benzene rings is 2. The second kappa shape index (κ2) is 7.18. The molecule has 0 radical (unpaired) electrons. The molecule has 3 rings (SSSR count). The molecule has 5 nitrogen and oxygen atoms in total. The van der Waals surface area contributed by atoms with Crippen LogP contribution in [0, 0.1) is 12.7 Å². The standard InChI is InChI=1S/C17H15FN4OS/c1-11-5-4-6-12(9-11)16-21-15(23-22-16)10-19-17(24)20-14-8-3-2-7-13(14)18/h2-9H,10H2,1H3,(H2,19,20,24). The second-order valence-electron chi connectivity index (χ2n) is 5.17. The zero-order valence-electron chi connectivity index (χ0n) is 12.9. The van der Waals surface area contributed by atoms with E-state index in [1.807, 2.05) is 31.2 Å². The molecule has 0 saturated heterocycles. The topological polar surface area (TPSA) is 63.0 Å². The third-order valence-electron chi connectivity index (χ3n) is 3.27. The summed E-state index contributed by atoms with van der Waals surface area (Å²) in [6.45, 7) is 2.25. The molecule has 0 amide bonds. The highest BCUT2D eigenvalue weighted by Gasteiger charge is 2.09. The molecule has 0 atom stereocenters. The van der Waals surface area contributed by atoms with Crippen molar-refractivity contribution in [2.45, 2.75) is 13.5 Å². The van der Waals surface area contributed by atoms with Gasteiger partial charge in [0.15, 0.2) is 5.11 Å². The lowest BCUT2D eigenvalue weighted by Crippen LogP contribution is -2.28. The molecule has 2 N–H and O–H groups in total. The zero-order chi connectivity index (χ0) is 16.9. The maximum absolute atomic E-state index is 13.5. The van der Waals surface area contributed by atoms with Gasteiger partial charge in [-0.3, -0.25) is 0 Å². The fourth-order valence-corrected chi connectivity index (χ4v) is 2.30. The summed E-state index contributed by atoms with van der Waals surface area (Å²) in [5.41, 5.74) is 2.31. The fourth-order valence-electron chi connectivity index (χ4n) is 2.11. The van der Waals surface area contributed by atoms with Crippen LogP contribution in [0.4, 0.5) is 10.1 Å². The summed E-state index contributed by atoms with van der Waals surface area (Å²) >= 11 is 5.13. The summed E-state index contributed by atoms with van der Waals surface area (Å²) in [6, 6.07) is 14.1. The molecule has 0 aliphatic heterocycles. The Kier molecular flexibility index (Phi) is 4.81. The Morgan fingerprint density at radius 3 is 2.83 bits per heavy atom. The van der Waals surface area contributed by atoms with Gasteiger partial charge in [-0.2, -0.15) is 4.98 Å². The van der Waals surface area contributed by atoms with Gasteiger partial charge in [0.25, 0.3) is 0 Å². The van der Waals surface area contributed by atoms with Crippen LogP contribution in [0.15, 0.2) is 53.1 Å². The normalized spacial score (nSPS) is 10.4. The Labute approximate surface area is 143 Å². The SMILES string of the molecule is Cc1cccc(-c2noc(CNC(=S)Nc3ccccc3F)n2)c1. The molecule has 0 aliphatic carbocycles. The molecule has 0 saturated carbocycles. The van der Waals surface area contributed by atoms with Crippen LogP contribution in [-0.2, 0) is 6.54 Å². The first-order valence-electron chi connectivity index (χ1n) is 7.31. The molecule has 0 spiro atoms. The quantitative estimate of drug-likeness (QED) is 0.706. The lowest BCUT2D eigenvalue weighted by Gasteiger charge is -2.09. The van der Waals surface area contributed by atoms with Crippen LogP contribution in [0.2, 0.25) is 0 Å². The first-order chi connectivity index (χ1) is 11.6. The maximum Gasteiger partial charge on any atom is 0.246 e. The Morgan fingerprint density at radius 1 is 1.21 bits per heavy atom. The average molecular weight is 342 g/mol. The summed E-state index contributed by atoms with van der Waals surface area (Å²) in [5, 5.41) is 9.92. The van der Waals surface area contributed by atoms with Gasteiger partial charge in [-0.25, -0.2) is 4.39 Å². The van der Waals surface area contributed by atoms with E-state index in [-0.39, 0.29) is 17.5 Å². The second-order valence-corrected chi connectivity index (χ2v) is 5.58. The number of thiocarbonyl (C=S) groups is 1. The third-order valence-corrected chi connectivity index (χ3v) is 3.51. The Balaban J connectivity index is 1.59. The molecule has 2 aromatic carbocycles. The summed E-state index contributed by atoms with van der Waals surface area (Å²) < 4.78 is 18.7. The van der Waals surface area contributed by atoms with E-state index in [0.29, 0.717) is 17.4 Å². The zero-order valence-corrected chi connectivity index (χ0v) is 13.7. The Morgan fingerprint density at radius 2 is 2.04 bits per heavy atom. The fraction of sp³-hybridized carbons (Fsp3) is 0.118. The van der Waals surface area contributed by atoms with Crippen molar-refractivity contribution in [3.05, 3.63) is 65.8 Å². The van der Waals surface area contributed by atoms with Crippen LogP contribution in [0.25, 0.3) is 11.4 Å². The highest BCUT2D eigenvalue weighted by molar-refractivity contribution is 7.80. The molecule has 7 heteroatoms. The maximum atomic E-state index is 13.5. The van der Waals surface area contributed by atoms with Gasteiger partial charge in [-0.05, 0) is 37.3 Å². The molecule has 1 aromatic heterocycles. The Hall–Kier alpha value is -2.80. The van der Waals surface area contributed by atoms with Crippen molar-refractivity contribution in [1.29, 1.82) is 0 Å². The monoisotopic (exact) mass is 342 g/mol. The van der Waals surface area contributed by atoms with Crippen molar-refractivity contribution in [3.63, 3.8) is 0 Å². The van der Waals surface area contributed by atoms with Gasteiger partial charge >= 0.3 is 0 Å². The van der Waals surface area contributed by atoms with E-state index >= 15 is 0 Å². The van der Waals surface area contributed by atoms with Gasteiger partial charge in [0.2, 0.25) is 11.7 Å². The minimum absolute atomic E-state index is 0.249. The summed E-state index contributed by atoms with van der Waals surface area (Å²) in [6.07, 6.45) is 0. The lowest BCUT2D eigenvalue weighted by molar-refractivity contribution is 0.376. The van der Waals surface area contributed by atoms with Crippen molar-refractivity contribution in [2.24, 2.45) is 0 Å². The van der Waals surface area contributed by atoms with Crippen molar-refractivity contribution in [3.8, 4) is 11.4 Å². The highest BCUT2D eigenvalue weighted by Crippen LogP contribution is 2.17. The molecular formula is C17H15FN4OS.